The number of hydrogen-bond acceptors (Lipinski definition) is 7. The molecular weight excluding hydrogens is 289 g/mol. The smallest absolute Gasteiger partial charge is 0.224 e. The van der Waals surface area contributed by atoms with E-state index in [0.29, 0.717) is 15.7 Å². The van der Waals surface area contributed by atoms with Gasteiger partial charge in [0.25, 0.3) is 0 Å². The molecule has 0 fully saturated rings. The molecule has 0 spiro atoms. The van der Waals surface area contributed by atoms with E-state index in [0.717, 1.165) is 0 Å². The summed E-state index contributed by atoms with van der Waals surface area (Å²) in [5, 5.41) is 8.66. The van der Waals surface area contributed by atoms with E-state index < -0.39 is 0 Å². The third-order valence-electron chi connectivity index (χ3n) is 2.12. The van der Waals surface area contributed by atoms with Crippen molar-refractivity contribution < 1.29 is 0 Å². The first kappa shape index (κ1) is 13.3. The molecular formula is C10H9Cl2N7. The number of nitrogens with two attached hydrogens (primary N) is 3. The first-order valence-corrected chi connectivity index (χ1v) is 5.78. The molecule has 9 heteroatoms. The quantitative estimate of drug-likeness (QED) is 0.734. The van der Waals surface area contributed by atoms with Crippen LogP contribution in [0.15, 0.2) is 28.4 Å². The molecule has 1 aromatic carbocycles. The molecule has 2 rings (SSSR count). The van der Waals surface area contributed by atoms with E-state index in [4.69, 9.17) is 40.4 Å². The molecule has 98 valence electrons. The normalized spacial score (nSPS) is 11.1. The van der Waals surface area contributed by atoms with Gasteiger partial charge in [-0.05, 0) is 18.2 Å². The molecule has 0 aliphatic carbocycles. The first-order valence-electron chi connectivity index (χ1n) is 5.02. The summed E-state index contributed by atoms with van der Waals surface area (Å²) < 4.78 is 0. The standard InChI is InChI=1S/C10H9Cl2N7/c11-4-1-2-5(12)6(3-4)18-19-7-8(13)16-10(15)17-9(7)14/h1-3H,(H6,13,14,15,16,17). The van der Waals surface area contributed by atoms with Gasteiger partial charge in [-0.2, -0.15) is 9.97 Å². The van der Waals surface area contributed by atoms with Gasteiger partial charge in [0, 0.05) is 5.02 Å². The van der Waals surface area contributed by atoms with Crippen molar-refractivity contribution in [3.63, 3.8) is 0 Å². The van der Waals surface area contributed by atoms with Gasteiger partial charge in [0.15, 0.2) is 17.3 Å². The molecule has 0 radical (unpaired) electrons. The van der Waals surface area contributed by atoms with Crippen molar-refractivity contribution in [2.24, 2.45) is 10.2 Å². The molecule has 0 aliphatic rings. The van der Waals surface area contributed by atoms with E-state index in [2.05, 4.69) is 20.2 Å². The Morgan fingerprint density at radius 2 is 1.58 bits per heavy atom. The Morgan fingerprint density at radius 1 is 0.947 bits per heavy atom. The van der Waals surface area contributed by atoms with Crippen molar-refractivity contribution in [1.29, 1.82) is 0 Å². The predicted molar refractivity (Wildman–Crippen MR) is 75.9 cm³/mol. The predicted octanol–water partition coefficient (Wildman–Crippen LogP) is 2.95. The molecule has 19 heavy (non-hydrogen) atoms. The van der Waals surface area contributed by atoms with Crippen LogP contribution in [0.3, 0.4) is 0 Å². The molecule has 0 saturated heterocycles. The van der Waals surface area contributed by atoms with Gasteiger partial charge >= 0.3 is 0 Å². The van der Waals surface area contributed by atoms with E-state index in [1.807, 2.05) is 0 Å². The largest absolute Gasteiger partial charge is 0.382 e. The maximum atomic E-state index is 5.94. The topological polar surface area (TPSA) is 129 Å². The average Bonchev–Trinajstić information content (AvgIpc) is 2.32. The maximum absolute atomic E-state index is 5.94. The second-order valence-corrected chi connectivity index (χ2v) is 4.34. The highest BCUT2D eigenvalue weighted by Gasteiger charge is 2.08. The number of nitrogen functional groups attached to an aromatic ring is 3. The lowest BCUT2D eigenvalue weighted by Gasteiger charge is -2.03. The van der Waals surface area contributed by atoms with Gasteiger partial charge in [0.2, 0.25) is 5.95 Å². The van der Waals surface area contributed by atoms with Gasteiger partial charge in [0.1, 0.15) is 5.69 Å². The van der Waals surface area contributed by atoms with E-state index in [9.17, 15) is 0 Å². The summed E-state index contributed by atoms with van der Waals surface area (Å²) in [6.45, 7) is 0. The van der Waals surface area contributed by atoms with Crippen LogP contribution in [0.5, 0.6) is 0 Å². The summed E-state index contributed by atoms with van der Waals surface area (Å²) in [6.07, 6.45) is 0. The van der Waals surface area contributed by atoms with Crippen LogP contribution in [0.4, 0.5) is 29.0 Å². The zero-order chi connectivity index (χ0) is 14.0. The number of rotatable bonds is 2. The van der Waals surface area contributed by atoms with E-state index >= 15 is 0 Å². The fourth-order valence-electron chi connectivity index (χ4n) is 1.28. The fourth-order valence-corrected chi connectivity index (χ4v) is 1.60. The monoisotopic (exact) mass is 297 g/mol. The summed E-state index contributed by atoms with van der Waals surface area (Å²) in [4.78, 5) is 7.48. The number of nitrogens with zero attached hydrogens (tertiary/aromatic N) is 4. The molecule has 0 bridgehead atoms. The zero-order valence-corrected chi connectivity index (χ0v) is 11.0. The van der Waals surface area contributed by atoms with Crippen LogP contribution in [-0.4, -0.2) is 9.97 Å². The van der Waals surface area contributed by atoms with Crippen molar-refractivity contribution in [3.05, 3.63) is 28.2 Å². The van der Waals surface area contributed by atoms with Crippen LogP contribution in [0.25, 0.3) is 0 Å². The summed E-state index contributed by atoms with van der Waals surface area (Å²) in [5.74, 6) is 0.0357. The highest BCUT2D eigenvalue weighted by atomic mass is 35.5. The third kappa shape index (κ3) is 3.01. The lowest BCUT2D eigenvalue weighted by molar-refractivity contribution is 1.15. The number of aromatic nitrogens is 2. The zero-order valence-electron chi connectivity index (χ0n) is 9.51. The highest BCUT2D eigenvalue weighted by molar-refractivity contribution is 6.35. The third-order valence-corrected chi connectivity index (χ3v) is 2.68. The number of benzene rings is 1. The Kier molecular flexibility index (Phi) is 3.68. The Morgan fingerprint density at radius 3 is 2.21 bits per heavy atom. The van der Waals surface area contributed by atoms with E-state index in [1.165, 1.54) is 0 Å². The molecule has 0 unspecified atom stereocenters. The lowest BCUT2D eigenvalue weighted by atomic mass is 10.3. The molecule has 0 atom stereocenters. The molecule has 2 aromatic rings. The van der Waals surface area contributed by atoms with Gasteiger partial charge < -0.3 is 17.2 Å². The summed E-state index contributed by atoms with van der Waals surface area (Å²) in [7, 11) is 0. The van der Waals surface area contributed by atoms with Gasteiger partial charge in [-0.15, -0.1) is 10.2 Å². The Hall–Kier alpha value is -2.12. The molecule has 1 heterocycles. The highest BCUT2D eigenvalue weighted by Crippen LogP contribution is 2.32. The molecule has 7 nitrogen and oxygen atoms in total. The number of azo groups is 1. The van der Waals surface area contributed by atoms with Crippen molar-refractivity contribution in [3.8, 4) is 0 Å². The summed E-state index contributed by atoms with van der Waals surface area (Å²) in [6, 6.07) is 4.79. The summed E-state index contributed by atoms with van der Waals surface area (Å²) >= 11 is 11.8. The average molecular weight is 298 g/mol. The fraction of sp³-hybridized carbons (Fsp3) is 0. The summed E-state index contributed by atoms with van der Waals surface area (Å²) in [5.41, 5.74) is 17.2. The van der Waals surface area contributed by atoms with Crippen molar-refractivity contribution in [2.75, 3.05) is 17.2 Å². The lowest BCUT2D eigenvalue weighted by Crippen LogP contribution is -2.03. The molecule has 0 saturated carbocycles. The van der Waals surface area contributed by atoms with Crippen LogP contribution in [-0.2, 0) is 0 Å². The van der Waals surface area contributed by atoms with Crippen LogP contribution >= 0.6 is 23.2 Å². The minimum absolute atomic E-state index is 0.0327. The van der Waals surface area contributed by atoms with E-state index in [-0.39, 0.29) is 23.3 Å². The molecule has 1 aromatic heterocycles. The van der Waals surface area contributed by atoms with Crippen molar-refractivity contribution >= 4 is 52.2 Å². The van der Waals surface area contributed by atoms with Gasteiger partial charge in [-0.3, -0.25) is 0 Å². The molecule has 0 amide bonds. The van der Waals surface area contributed by atoms with Gasteiger partial charge in [0.05, 0.1) is 5.02 Å². The molecule has 6 N–H and O–H groups in total. The van der Waals surface area contributed by atoms with Crippen molar-refractivity contribution in [1.82, 2.24) is 9.97 Å². The SMILES string of the molecule is Nc1nc(N)c(N=Nc2cc(Cl)ccc2Cl)c(N)n1. The second kappa shape index (κ2) is 5.25. The Balaban J connectivity index is 2.41. The van der Waals surface area contributed by atoms with Gasteiger partial charge in [-0.25, -0.2) is 0 Å². The maximum Gasteiger partial charge on any atom is 0.224 e. The van der Waals surface area contributed by atoms with Crippen LogP contribution in [0, 0.1) is 0 Å². The number of hydrogen-bond donors (Lipinski definition) is 3. The number of halogens is 2. The van der Waals surface area contributed by atoms with Crippen molar-refractivity contribution in [2.45, 2.75) is 0 Å². The minimum atomic E-state index is -0.0327. The number of anilines is 3. The molecule has 0 aliphatic heterocycles. The van der Waals surface area contributed by atoms with Crippen LogP contribution in [0.2, 0.25) is 10.0 Å². The second-order valence-electron chi connectivity index (χ2n) is 3.50. The Labute approximate surface area is 118 Å². The first-order chi connectivity index (χ1) is 8.97. The van der Waals surface area contributed by atoms with Crippen LogP contribution in [0.1, 0.15) is 0 Å². The Bertz CT molecular complexity index is 633. The van der Waals surface area contributed by atoms with Crippen LogP contribution < -0.4 is 17.2 Å². The van der Waals surface area contributed by atoms with E-state index in [1.54, 1.807) is 18.2 Å². The van der Waals surface area contributed by atoms with Gasteiger partial charge in [-0.1, -0.05) is 23.2 Å². The minimum Gasteiger partial charge on any atom is -0.382 e.